The monoisotopic (exact) mass is 231 g/mol. The molecule has 1 N–H and O–H groups in total. The second kappa shape index (κ2) is 3.62. The van der Waals surface area contributed by atoms with Gasteiger partial charge < -0.3 is 10.0 Å². The number of benzene rings is 1. The van der Waals surface area contributed by atoms with Gasteiger partial charge in [0.25, 0.3) is 0 Å². The van der Waals surface area contributed by atoms with Crippen molar-refractivity contribution in [3.8, 4) is 0 Å². The van der Waals surface area contributed by atoms with Gasteiger partial charge >= 0.3 is 5.97 Å². The number of hydrogen-bond acceptors (Lipinski definition) is 2. The second-order valence-corrected chi connectivity index (χ2v) is 5.08. The second-order valence-electron chi connectivity index (χ2n) is 5.08. The summed E-state index contributed by atoms with van der Waals surface area (Å²) in [7, 11) is 2.03. The maximum Gasteiger partial charge on any atom is 0.335 e. The van der Waals surface area contributed by atoms with Crippen LogP contribution in [-0.2, 0) is 0 Å². The van der Waals surface area contributed by atoms with Crippen LogP contribution in [0.15, 0.2) is 24.3 Å². The van der Waals surface area contributed by atoms with Gasteiger partial charge in [0.15, 0.2) is 0 Å². The van der Waals surface area contributed by atoms with Crippen LogP contribution in [0.25, 0.3) is 5.57 Å². The van der Waals surface area contributed by atoms with E-state index in [1.807, 2.05) is 20.0 Å². The third-order valence-corrected chi connectivity index (χ3v) is 3.46. The minimum atomic E-state index is -0.881. The quantitative estimate of drug-likeness (QED) is 0.807. The molecule has 0 aromatic heterocycles. The number of nitrogens with zero attached hydrogens (tertiary/aromatic N) is 1. The lowest BCUT2D eigenvalue weighted by Gasteiger charge is -2.40. The Bertz CT molecular complexity index is 515. The van der Waals surface area contributed by atoms with E-state index < -0.39 is 5.97 Å². The summed E-state index contributed by atoms with van der Waals surface area (Å²) < 4.78 is 0. The van der Waals surface area contributed by atoms with Gasteiger partial charge in [0.1, 0.15) is 0 Å². The van der Waals surface area contributed by atoms with E-state index in [-0.39, 0.29) is 5.54 Å². The number of hydrogen-bond donors (Lipinski definition) is 1. The molecule has 0 unspecified atom stereocenters. The minimum Gasteiger partial charge on any atom is -0.478 e. The molecule has 0 bridgehead atoms. The van der Waals surface area contributed by atoms with Gasteiger partial charge in [-0.3, -0.25) is 0 Å². The maximum absolute atomic E-state index is 11.0. The molecule has 1 heterocycles. The zero-order valence-corrected chi connectivity index (χ0v) is 10.6. The van der Waals surface area contributed by atoms with Gasteiger partial charge in [0, 0.05) is 18.3 Å². The molecule has 3 heteroatoms. The van der Waals surface area contributed by atoms with Crippen LogP contribution < -0.4 is 4.90 Å². The molecule has 0 atom stereocenters. The van der Waals surface area contributed by atoms with Crippen LogP contribution in [0.5, 0.6) is 0 Å². The van der Waals surface area contributed by atoms with E-state index in [9.17, 15) is 4.79 Å². The number of allylic oxidation sites excluding steroid dienone is 1. The molecule has 3 nitrogen and oxygen atoms in total. The van der Waals surface area contributed by atoms with E-state index in [2.05, 4.69) is 24.8 Å². The van der Waals surface area contributed by atoms with Crippen molar-refractivity contribution >= 4 is 17.2 Å². The van der Waals surface area contributed by atoms with E-state index in [1.54, 1.807) is 12.1 Å². The Kier molecular flexibility index (Phi) is 2.49. The Morgan fingerprint density at radius 1 is 1.35 bits per heavy atom. The molecule has 0 saturated carbocycles. The molecule has 0 saturated heterocycles. The normalized spacial score (nSPS) is 17.4. The van der Waals surface area contributed by atoms with Crippen molar-refractivity contribution < 1.29 is 9.90 Å². The Labute approximate surface area is 101 Å². The lowest BCUT2D eigenvalue weighted by atomic mass is 9.88. The lowest BCUT2D eigenvalue weighted by molar-refractivity contribution is 0.0697. The predicted octanol–water partition coefficient (Wildman–Crippen LogP) is 3.02. The number of fused-ring (bicyclic) bond motifs is 1. The number of carbonyl (C=O) groups is 1. The zero-order chi connectivity index (χ0) is 12.8. The lowest BCUT2D eigenvalue weighted by Crippen LogP contribution is -2.42. The fourth-order valence-electron chi connectivity index (χ4n) is 2.29. The van der Waals surface area contributed by atoms with E-state index in [0.717, 1.165) is 16.8 Å². The van der Waals surface area contributed by atoms with E-state index in [0.29, 0.717) is 5.56 Å². The first-order valence-electron chi connectivity index (χ1n) is 5.64. The van der Waals surface area contributed by atoms with Crippen molar-refractivity contribution in [3.63, 3.8) is 0 Å². The van der Waals surface area contributed by atoms with Gasteiger partial charge in [-0.1, -0.05) is 6.08 Å². The van der Waals surface area contributed by atoms with Crippen molar-refractivity contribution in [2.75, 3.05) is 11.9 Å². The molecule has 0 amide bonds. The maximum atomic E-state index is 11.0. The van der Waals surface area contributed by atoms with Crippen molar-refractivity contribution in [3.05, 3.63) is 35.4 Å². The van der Waals surface area contributed by atoms with Crippen molar-refractivity contribution in [1.29, 1.82) is 0 Å². The molecule has 0 spiro atoms. The summed E-state index contributed by atoms with van der Waals surface area (Å²) in [4.78, 5) is 13.1. The van der Waals surface area contributed by atoms with Crippen LogP contribution in [0.3, 0.4) is 0 Å². The molecule has 1 aliphatic heterocycles. The molecule has 0 fully saturated rings. The summed E-state index contributed by atoms with van der Waals surface area (Å²) in [5.41, 5.74) is 3.52. The highest BCUT2D eigenvalue weighted by atomic mass is 16.4. The molecule has 1 aromatic carbocycles. The third kappa shape index (κ3) is 1.82. The van der Waals surface area contributed by atoms with E-state index in [1.165, 1.54) is 0 Å². The zero-order valence-electron chi connectivity index (χ0n) is 10.6. The molecular formula is C14H17NO2. The first-order valence-corrected chi connectivity index (χ1v) is 5.64. The first-order chi connectivity index (χ1) is 7.83. The SMILES string of the molecule is CC1=CC(C)(C)N(C)c2ccc(C(=O)O)cc21. The smallest absolute Gasteiger partial charge is 0.335 e. The molecular weight excluding hydrogens is 214 g/mol. The Balaban J connectivity index is 2.61. The molecule has 90 valence electrons. The van der Waals surface area contributed by atoms with E-state index >= 15 is 0 Å². The molecule has 17 heavy (non-hydrogen) atoms. The number of anilines is 1. The predicted molar refractivity (Wildman–Crippen MR) is 69.5 cm³/mol. The summed E-state index contributed by atoms with van der Waals surface area (Å²) in [5, 5.41) is 9.01. The van der Waals surface area contributed by atoms with Gasteiger partial charge in [0.2, 0.25) is 0 Å². The average molecular weight is 231 g/mol. The average Bonchev–Trinajstić information content (AvgIpc) is 2.25. The Morgan fingerprint density at radius 3 is 2.59 bits per heavy atom. The molecule has 1 aromatic rings. The summed E-state index contributed by atoms with van der Waals surface area (Å²) in [6, 6.07) is 5.29. The number of carboxylic acid groups (broad SMARTS) is 1. The van der Waals surface area contributed by atoms with Gasteiger partial charge in [-0.25, -0.2) is 4.79 Å². The summed E-state index contributed by atoms with van der Waals surface area (Å²) >= 11 is 0. The van der Waals surface area contributed by atoms with Crippen LogP contribution >= 0.6 is 0 Å². The van der Waals surface area contributed by atoms with Crippen LogP contribution in [-0.4, -0.2) is 23.7 Å². The summed E-state index contributed by atoms with van der Waals surface area (Å²) in [6.45, 7) is 6.31. The standard InChI is InChI=1S/C14H17NO2/c1-9-8-14(2,3)15(4)12-6-5-10(13(16)17)7-11(9)12/h5-8H,1-4H3,(H,16,17). The molecule has 1 aliphatic rings. The molecule has 2 rings (SSSR count). The fourth-order valence-corrected chi connectivity index (χ4v) is 2.29. The highest BCUT2D eigenvalue weighted by molar-refractivity contribution is 5.92. The number of carboxylic acids is 1. The number of aromatic carboxylic acids is 1. The van der Waals surface area contributed by atoms with Crippen molar-refractivity contribution in [2.24, 2.45) is 0 Å². The van der Waals surface area contributed by atoms with E-state index in [4.69, 9.17) is 5.11 Å². The van der Waals surface area contributed by atoms with Gasteiger partial charge in [0.05, 0.1) is 11.1 Å². The molecule has 0 radical (unpaired) electrons. The highest BCUT2D eigenvalue weighted by Crippen LogP contribution is 2.37. The number of rotatable bonds is 1. The molecule has 0 aliphatic carbocycles. The van der Waals surface area contributed by atoms with Crippen LogP contribution in [0.2, 0.25) is 0 Å². The van der Waals surface area contributed by atoms with Crippen molar-refractivity contribution in [2.45, 2.75) is 26.3 Å². The Morgan fingerprint density at radius 2 is 2.00 bits per heavy atom. The minimum absolute atomic E-state index is 0.0399. The van der Waals surface area contributed by atoms with Gasteiger partial charge in [-0.05, 0) is 44.5 Å². The fraction of sp³-hybridized carbons (Fsp3) is 0.357. The van der Waals surface area contributed by atoms with Gasteiger partial charge in [-0.15, -0.1) is 0 Å². The summed E-state index contributed by atoms with van der Waals surface area (Å²) in [6.07, 6.45) is 2.17. The highest BCUT2D eigenvalue weighted by Gasteiger charge is 2.28. The summed E-state index contributed by atoms with van der Waals surface area (Å²) in [5.74, 6) is -0.881. The first kappa shape index (κ1) is 11.7. The van der Waals surface area contributed by atoms with Crippen LogP contribution in [0.4, 0.5) is 5.69 Å². The van der Waals surface area contributed by atoms with Gasteiger partial charge in [-0.2, -0.15) is 0 Å². The van der Waals surface area contributed by atoms with Crippen molar-refractivity contribution in [1.82, 2.24) is 0 Å². The topological polar surface area (TPSA) is 40.5 Å². The number of likely N-dealkylation sites (N-methyl/N-ethyl adjacent to an activating group) is 1. The van der Waals surface area contributed by atoms with Crippen LogP contribution in [0.1, 0.15) is 36.7 Å². The largest absolute Gasteiger partial charge is 0.478 e. The van der Waals surface area contributed by atoms with Crippen LogP contribution in [0, 0.1) is 0 Å². The Hall–Kier alpha value is -1.77. The third-order valence-electron chi connectivity index (χ3n) is 3.46.